The fraction of sp³-hybridized carbons (Fsp3) is 0.533. The van der Waals surface area contributed by atoms with Crippen LogP contribution in [0.4, 0.5) is 8.78 Å². The van der Waals surface area contributed by atoms with Gasteiger partial charge in [-0.3, -0.25) is 4.79 Å². The third-order valence-corrected chi connectivity index (χ3v) is 3.99. The summed E-state index contributed by atoms with van der Waals surface area (Å²) < 4.78 is 27.1. The standard InChI is InChI=1S/C15H19F2NO/c1-10-4-3-7-15(18,9-10)14(19)8-11-12(16)5-2-6-13(11)17/h2,5-6,10H,3-4,7-9,18H2,1H3. The number of hydrogen-bond donors (Lipinski definition) is 1. The first-order valence-corrected chi connectivity index (χ1v) is 6.67. The van der Waals surface area contributed by atoms with Crippen molar-refractivity contribution in [2.75, 3.05) is 0 Å². The zero-order valence-electron chi connectivity index (χ0n) is 11.1. The molecule has 1 aliphatic carbocycles. The molecule has 0 aliphatic heterocycles. The van der Waals surface area contributed by atoms with E-state index in [9.17, 15) is 13.6 Å². The summed E-state index contributed by atoms with van der Waals surface area (Å²) in [5, 5.41) is 0. The maximum absolute atomic E-state index is 13.5. The van der Waals surface area contributed by atoms with Gasteiger partial charge in [-0.2, -0.15) is 0 Å². The van der Waals surface area contributed by atoms with Crippen LogP contribution in [-0.2, 0) is 11.2 Å². The first kappa shape index (κ1) is 14.1. The number of ketones is 1. The zero-order chi connectivity index (χ0) is 14.0. The Morgan fingerprint density at radius 3 is 2.63 bits per heavy atom. The van der Waals surface area contributed by atoms with Crippen molar-refractivity contribution in [3.8, 4) is 0 Å². The van der Waals surface area contributed by atoms with Crippen molar-refractivity contribution in [2.24, 2.45) is 11.7 Å². The lowest BCUT2D eigenvalue weighted by Crippen LogP contribution is -2.51. The molecule has 1 aliphatic rings. The lowest BCUT2D eigenvalue weighted by atomic mass is 9.73. The second-order valence-electron chi connectivity index (χ2n) is 5.66. The van der Waals surface area contributed by atoms with Gasteiger partial charge in [-0.1, -0.05) is 25.8 Å². The molecule has 2 N–H and O–H groups in total. The van der Waals surface area contributed by atoms with Crippen molar-refractivity contribution >= 4 is 5.78 Å². The monoisotopic (exact) mass is 267 g/mol. The minimum atomic E-state index is -0.924. The van der Waals surface area contributed by atoms with Gasteiger partial charge in [-0.15, -0.1) is 0 Å². The van der Waals surface area contributed by atoms with Crippen LogP contribution in [-0.4, -0.2) is 11.3 Å². The molecule has 2 unspecified atom stereocenters. The summed E-state index contributed by atoms with van der Waals surface area (Å²) in [6, 6.07) is 3.62. The Morgan fingerprint density at radius 2 is 2.05 bits per heavy atom. The van der Waals surface area contributed by atoms with Crippen LogP contribution in [0.15, 0.2) is 18.2 Å². The van der Waals surface area contributed by atoms with Gasteiger partial charge in [0.25, 0.3) is 0 Å². The first-order valence-electron chi connectivity index (χ1n) is 6.67. The predicted molar refractivity (Wildman–Crippen MR) is 69.6 cm³/mol. The van der Waals surface area contributed by atoms with Crippen molar-refractivity contribution in [2.45, 2.75) is 44.6 Å². The molecule has 0 aromatic heterocycles. The molecule has 19 heavy (non-hydrogen) atoms. The highest BCUT2D eigenvalue weighted by Crippen LogP contribution is 2.32. The normalized spacial score (nSPS) is 27.3. The Morgan fingerprint density at radius 1 is 1.42 bits per heavy atom. The van der Waals surface area contributed by atoms with E-state index in [-0.39, 0.29) is 17.8 Å². The SMILES string of the molecule is CC1CCCC(N)(C(=O)Cc2c(F)cccc2F)C1. The van der Waals surface area contributed by atoms with E-state index in [0.717, 1.165) is 12.8 Å². The second-order valence-corrected chi connectivity index (χ2v) is 5.66. The summed E-state index contributed by atoms with van der Waals surface area (Å²) in [5.74, 6) is -1.24. The maximum atomic E-state index is 13.5. The summed E-state index contributed by atoms with van der Waals surface area (Å²) in [6.07, 6.45) is 2.89. The molecule has 0 amide bonds. The van der Waals surface area contributed by atoms with Gasteiger partial charge in [-0.25, -0.2) is 8.78 Å². The molecule has 1 aromatic carbocycles. The van der Waals surface area contributed by atoms with Crippen LogP contribution in [0.25, 0.3) is 0 Å². The number of rotatable bonds is 3. The summed E-state index contributed by atoms with van der Waals surface area (Å²) in [4.78, 5) is 12.3. The second kappa shape index (κ2) is 5.37. The third kappa shape index (κ3) is 3.00. The summed E-state index contributed by atoms with van der Waals surface area (Å²) >= 11 is 0. The molecule has 104 valence electrons. The van der Waals surface area contributed by atoms with E-state index in [1.54, 1.807) is 0 Å². The highest BCUT2D eigenvalue weighted by atomic mass is 19.1. The van der Waals surface area contributed by atoms with Crippen LogP contribution in [0.3, 0.4) is 0 Å². The first-order chi connectivity index (χ1) is 8.92. The van der Waals surface area contributed by atoms with Crippen molar-refractivity contribution in [3.63, 3.8) is 0 Å². The molecule has 2 atom stereocenters. The fourth-order valence-corrected chi connectivity index (χ4v) is 2.88. The quantitative estimate of drug-likeness (QED) is 0.915. The van der Waals surface area contributed by atoms with E-state index in [4.69, 9.17) is 5.73 Å². The lowest BCUT2D eigenvalue weighted by molar-refractivity contribution is -0.125. The van der Waals surface area contributed by atoms with Crippen molar-refractivity contribution in [1.82, 2.24) is 0 Å². The smallest absolute Gasteiger partial charge is 0.157 e. The lowest BCUT2D eigenvalue weighted by Gasteiger charge is -2.35. The molecule has 0 bridgehead atoms. The minimum Gasteiger partial charge on any atom is -0.319 e. The Hall–Kier alpha value is -1.29. The maximum Gasteiger partial charge on any atom is 0.157 e. The molecular formula is C15H19F2NO. The van der Waals surface area contributed by atoms with E-state index in [0.29, 0.717) is 18.8 Å². The molecule has 2 nitrogen and oxygen atoms in total. The Bertz CT molecular complexity index is 469. The Balaban J connectivity index is 2.17. The topological polar surface area (TPSA) is 43.1 Å². The molecule has 1 saturated carbocycles. The summed E-state index contributed by atoms with van der Waals surface area (Å²) in [6.45, 7) is 2.05. The van der Waals surface area contributed by atoms with Crippen LogP contribution < -0.4 is 5.73 Å². The van der Waals surface area contributed by atoms with Gasteiger partial charge in [-0.05, 0) is 30.9 Å². The number of carbonyl (C=O) groups is 1. The van der Waals surface area contributed by atoms with Gasteiger partial charge in [0.05, 0.1) is 5.54 Å². The largest absolute Gasteiger partial charge is 0.319 e. The number of benzene rings is 1. The van der Waals surface area contributed by atoms with Crippen molar-refractivity contribution < 1.29 is 13.6 Å². The van der Waals surface area contributed by atoms with Crippen LogP contribution in [0.1, 0.15) is 38.2 Å². The van der Waals surface area contributed by atoms with Crippen molar-refractivity contribution in [3.05, 3.63) is 35.4 Å². The highest BCUT2D eigenvalue weighted by Gasteiger charge is 2.38. The molecule has 4 heteroatoms. The number of hydrogen-bond acceptors (Lipinski definition) is 2. The van der Waals surface area contributed by atoms with Crippen LogP contribution in [0.2, 0.25) is 0 Å². The van der Waals surface area contributed by atoms with Crippen LogP contribution >= 0.6 is 0 Å². The number of Topliss-reactive ketones (excluding diaryl/α,β-unsaturated/α-hetero) is 1. The predicted octanol–water partition coefficient (Wildman–Crippen LogP) is 2.98. The average molecular weight is 267 g/mol. The van der Waals surface area contributed by atoms with Crippen LogP contribution in [0, 0.1) is 17.6 Å². The molecule has 0 spiro atoms. The van der Waals surface area contributed by atoms with E-state index in [1.807, 2.05) is 0 Å². The number of nitrogens with two attached hydrogens (primary N) is 1. The molecule has 0 saturated heterocycles. The average Bonchev–Trinajstić information content (AvgIpc) is 2.33. The van der Waals surface area contributed by atoms with Gasteiger partial charge in [0, 0.05) is 12.0 Å². The third-order valence-electron chi connectivity index (χ3n) is 3.99. The number of halogens is 2. The molecule has 0 heterocycles. The van der Waals surface area contributed by atoms with E-state index in [2.05, 4.69) is 6.92 Å². The van der Waals surface area contributed by atoms with Crippen LogP contribution in [0.5, 0.6) is 0 Å². The van der Waals surface area contributed by atoms with E-state index in [1.165, 1.54) is 18.2 Å². The fourth-order valence-electron chi connectivity index (χ4n) is 2.88. The molecule has 1 fully saturated rings. The van der Waals surface area contributed by atoms with Gasteiger partial charge >= 0.3 is 0 Å². The minimum absolute atomic E-state index is 0.171. The van der Waals surface area contributed by atoms with Gasteiger partial charge in [0.2, 0.25) is 0 Å². The summed E-state index contributed by atoms with van der Waals surface area (Å²) in [7, 11) is 0. The molecule has 1 aromatic rings. The zero-order valence-corrected chi connectivity index (χ0v) is 11.1. The highest BCUT2D eigenvalue weighted by molar-refractivity contribution is 5.90. The molecule has 2 rings (SSSR count). The number of carbonyl (C=O) groups excluding carboxylic acids is 1. The van der Waals surface area contributed by atoms with E-state index < -0.39 is 17.2 Å². The van der Waals surface area contributed by atoms with Gasteiger partial charge in [0.1, 0.15) is 11.6 Å². The van der Waals surface area contributed by atoms with E-state index >= 15 is 0 Å². The van der Waals surface area contributed by atoms with Gasteiger partial charge in [0.15, 0.2) is 5.78 Å². The molecular weight excluding hydrogens is 248 g/mol. The molecule has 0 radical (unpaired) electrons. The Kier molecular flexibility index (Phi) is 3.99. The van der Waals surface area contributed by atoms with Crippen molar-refractivity contribution in [1.29, 1.82) is 0 Å². The van der Waals surface area contributed by atoms with Gasteiger partial charge < -0.3 is 5.73 Å². The Labute approximate surface area is 112 Å². The summed E-state index contributed by atoms with van der Waals surface area (Å²) in [5.41, 5.74) is 5.05.